The summed E-state index contributed by atoms with van der Waals surface area (Å²) in [5.41, 5.74) is 5.00. The fourth-order valence-corrected chi connectivity index (χ4v) is 4.18. The van der Waals surface area contributed by atoms with Crippen LogP contribution >= 0.6 is 11.6 Å². The maximum Gasteiger partial charge on any atom is 0.228 e. The van der Waals surface area contributed by atoms with Crippen LogP contribution in [0.3, 0.4) is 0 Å². The molecule has 0 aliphatic heterocycles. The number of halogens is 1. The topological polar surface area (TPSA) is 48.0 Å². The van der Waals surface area contributed by atoms with Crippen LogP contribution in [0.5, 0.6) is 0 Å². The molecule has 4 rings (SSSR count). The van der Waals surface area contributed by atoms with Crippen molar-refractivity contribution >= 4 is 28.3 Å². The molecule has 0 aliphatic rings. The molecule has 166 valence electrons. The van der Waals surface area contributed by atoms with E-state index in [0.29, 0.717) is 29.8 Å². The lowest BCUT2D eigenvalue weighted by molar-refractivity contribution is -0.124. The second kappa shape index (κ2) is 8.59. The smallest absolute Gasteiger partial charge is 0.228 e. The first-order valence-corrected chi connectivity index (χ1v) is 11.4. The zero-order valence-electron chi connectivity index (χ0n) is 19.3. The molecule has 0 N–H and O–H groups in total. The summed E-state index contributed by atoms with van der Waals surface area (Å²) in [5, 5.41) is 1.81. The molecule has 2 aromatic carbocycles. The Morgan fingerprint density at radius 2 is 1.88 bits per heavy atom. The highest BCUT2D eigenvalue weighted by Gasteiger charge is 2.30. The molecule has 0 saturated carbocycles. The van der Waals surface area contributed by atoms with E-state index in [1.807, 2.05) is 38.1 Å². The lowest BCUT2D eigenvalue weighted by atomic mass is 9.83. The third-order valence-corrected chi connectivity index (χ3v) is 6.58. The van der Waals surface area contributed by atoms with Gasteiger partial charge in [0.15, 0.2) is 0 Å². The number of hydrogen-bond donors (Lipinski definition) is 0. The summed E-state index contributed by atoms with van der Waals surface area (Å²) in [5.74, 6) is 1.13. The number of aromatic nitrogens is 2. The number of hydrogen-bond acceptors (Lipinski definition) is 3. The molecule has 0 unspecified atom stereocenters. The lowest BCUT2D eigenvalue weighted by Gasteiger charge is -2.23. The molecule has 0 bridgehead atoms. The number of carbonyl (C=O) groups is 1. The fourth-order valence-electron chi connectivity index (χ4n) is 4.05. The van der Waals surface area contributed by atoms with E-state index in [1.165, 1.54) is 5.56 Å². The van der Waals surface area contributed by atoms with Gasteiger partial charge in [-0.15, -0.1) is 0 Å². The first kappa shape index (κ1) is 22.3. The van der Waals surface area contributed by atoms with E-state index in [9.17, 15) is 4.79 Å². The largest absolute Gasteiger partial charge is 0.444 e. The van der Waals surface area contributed by atoms with E-state index in [1.54, 1.807) is 19.4 Å². The Labute approximate surface area is 194 Å². The molecule has 2 aromatic heterocycles. The summed E-state index contributed by atoms with van der Waals surface area (Å²) in [6.45, 7) is 10.7. The second-order valence-corrected chi connectivity index (χ2v) is 9.86. The van der Waals surface area contributed by atoms with Gasteiger partial charge < -0.3 is 8.98 Å². The van der Waals surface area contributed by atoms with E-state index in [4.69, 9.17) is 16.0 Å². The summed E-state index contributed by atoms with van der Waals surface area (Å²) < 4.78 is 8.09. The number of ketones is 1. The molecule has 0 aliphatic carbocycles. The molecule has 32 heavy (non-hydrogen) atoms. The highest BCUT2D eigenvalue weighted by Crippen LogP contribution is 2.39. The van der Waals surface area contributed by atoms with Crippen molar-refractivity contribution in [3.05, 3.63) is 76.8 Å². The molecule has 0 saturated heterocycles. The van der Waals surface area contributed by atoms with Crippen molar-refractivity contribution < 1.29 is 9.21 Å². The minimum absolute atomic E-state index is 0.155. The van der Waals surface area contributed by atoms with E-state index < -0.39 is 5.41 Å². The quantitative estimate of drug-likeness (QED) is 0.298. The Morgan fingerprint density at radius 1 is 1.16 bits per heavy atom. The first-order chi connectivity index (χ1) is 15.2. The highest BCUT2D eigenvalue weighted by atomic mass is 35.5. The maximum absolute atomic E-state index is 12.5. The van der Waals surface area contributed by atoms with Crippen LogP contribution in [0.15, 0.2) is 59.3 Å². The number of rotatable bonds is 7. The zero-order chi connectivity index (χ0) is 23.0. The van der Waals surface area contributed by atoms with Gasteiger partial charge in [0.05, 0.1) is 11.8 Å². The van der Waals surface area contributed by atoms with Crippen LogP contribution in [0.1, 0.15) is 57.4 Å². The van der Waals surface area contributed by atoms with Crippen molar-refractivity contribution in [2.24, 2.45) is 5.41 Å². The van der Waals surface area contributed by atoms with Crippen LogP contribution in [-0.2, 0) is 17.8 Å². The molecule has 0 spiro atoms. The van der Waals surface area contributed by atoms with Crippen LogP contribution in [-0.4, -0.2) is 15.3 Å². The SMILES string of the molecule is CC(=O)C(C)(C)Cc1c(-c2ncco2)c2cc(C(C)C)ccc2n1Cc1ccc(Cl)cc1. The van der Waals surface area contributed by atoms with Crippen molar-refractivity contribution in [3.8, 4) is 11.5 Å². The summed E-state index contributed by atoms with van der Waals surface area (Å²) in [7, 11) is 0. The molecule has 4 nitrogen and oxygen atoms in total. The maximum atomic E-state index is 12.5. The lowest BCUT2D eigenvalue weighted by Crippen LogP contribution is -2.26. The van der Waals surface area contributed by atoms with E-state index >= 15 is 0 Å². The van der Waals surface area contributed by atoms with Gasteiger partial charge in [0.25, 0.3) is 0 Å². The predicted octanol–water partition coefficient (Wildman–Crippen LogP) is 7.28. The van der Waals surface area contributed by atoms with Gasteiger partial charge in [-0.25, -0.2) is 4.98 Å². The average molecular weight is 449 g/mol. The van der Waals surface area contributed by atoms with Crippen LogP contribution in [0, 0.1) is 5.41 Å². The third kappa shape index (κ3) is 4.24. The molecule has 2 heterocycles. The Hall–Kier alpha value is -2.85. The Bertz CT molecular complexity index is 1250. The van der Waals surface area contributed by atoms with Crippen LogP contribution < -0.4 is 0 Å². The number of Topliss-reactive ketones (excluding diaryl/α,β-unsaturated/α-hetero) is 1. The predicted molar refractivity (Wildman–Crippen MR) is 130 cm³/mol. The molecule has 0 amide bonds. The van der Waals surface area contributed by atoms with Crippen molar-refractivity contribution in [1.29, 1.82) is 0 Å². The number of oxazole rings is 1. The first-order valence-electron chi connectivity index (χ1n) is 11.0. The minimum Gasteiger partial charge on any atom is -0.444 e. The third-order valence-electron chi connectivity index (χ3n) is 6.32. The van der Waals surface area contributed by atoms with Gasteiger partial charge in [-0.3, -0.25) is 4.79 Å². The van der Waals surface area contributed by atoms with Gasteiger partial charge >= 0.3 is 0 Å². The summed E-state index contributed by atoms with van der Waals surface area (Å²) in [6, 6.07) is 14.5. The molecule has 4 aromatic rings. The Balaban J connectivity index is 2.01. The number of fused-ring (bicyclic) bond motifs is 1. The number of benzene rings is 2. The standard InChI is InChI=1S/C27H29ClN2O2/c1-17(2)20-8-11-23-22(14-20)25(26-29-12-13-32-26)24(15-27(4,5)18(3)31)30(23)16-19-6-9-21(28)10-7-19/h6-14,17H,15-16H2,1-5H3. The second-order valence-electron chi connectivity index (χ2n) is 9.42. The average Bonchev–Trinajstić information content (AvgIpc) is 3.35. The summed E-state index contributed by atoms with van der Waals surface area (Å²) >= 11 is 6.12. The number of carbonyl (C=O) groups excluding carboxylic acids is 1. The van der Waals surface area contributed by atoms with Crippen molar-refractivity contribution in [1.82, 2.24) is 9.55 Å². The van der Waals surface area contributed by atoms with E-state index in [2.05, 4.69) is 41.6 Å². The Morgan fingerprint density at radius 3 is 2.47 bits per heavy atom. The van der Waals surface area contributed by atoms with Gasteiger partial charge in [-0.1, -0.05) is 57.5 Å². The van der Waals surface area contributed by atoms with Gasteiger partial charge in [0.2, 0.25) is 5.89 Å². The Kier molecular flexibility index (Phi) is 6.00. The normalized spacial score (nSPS) is 12.1. The molecular formula is C27H29ClN2O2. The molecule has 0 fully saturated rings. The van der Waals surface area contributed by atoms with Crippen molar-refractivity contribution in [2.45, 2.75) is 53.5 Å². The van der Waals surface area contributed by atoms with Crippen LogP contribution in [0.25, 0.3) is 22.4 Å². The molecular weight excluding hydrogens is 420 g/mol. The molecule has 5 heteroatoms. The van der Waals surface area contributed by atoms with Gasteiger partial charge in [-0.2, -0.15) is 0 Å². The number of nitrogens with zero attached hydrogens (tertiary/aromatic N) is 2. The zero-order valence-corrected chi connectivity index (χ0v) is 20.0. The van der Waals surface area contributed by atoms with Crippen LogP contribution in [0.2, 0.25) is 5.02 Å². The van der Waals surface area contributed by atoms with Crippen molar-refractivity contribution in [2.75, 3.05) is 0 Å². The molecule has 0 radical (unpaired) electrons. The van der Waals surface area contributed by atoms with E-state index in [-0.39, 0.29) is 5.78 Å². The van der Waals surface area contributed by atoms with Crippen LogP contribution in [0.4, 0.5) is 0 Å². The molecule has 0 atom stereocenters. The van der Waals surface area contributed by atoms with Gasteiger partial charge in [0.1, 0.15) is 12.0 Å². The fraction of sp³-hybridized carbons (Fsp3) is 0.333. The van der Waals surface area contributed by atoms with Gasteiger partial charge in [-0.05, 0) is 48.2 Å². The summed E-state index contributed by atoms with van der Waals surface area (Å²) in [6.07, 6.45) is 3.85. The monoisotopic (exact) mass is 448 g/mol. The van der Waals surface area contributed by atoms with Crippen molar-refractivity contribution in [3.63, 3.8) is 0 Å². The minimum atomic E-state index is -0.520. The van der Waals surface area contributed by atoms with E-state index in [0.717, 1.165) is 27.7 Å². The summed E-state index contributed by atoms with van der Waals surface area (Å²) in [4.78, 5) is 17.0. The van der Waals surface area contributed by atoms with Gasteiger partial charge in [0, 0.05) is 40.0 Å². The highest BCUT2D eigenvalue weighted by molar-refractivity contribution is 6.30.